The fourth-order valence-electron chi connectivity index (χ4n) is 1.84. The molecule has 102 valence electrons. The van der Waals surface area contributed by atoms with Gasteiger partial charge in [0.25, 0.3) is 0 Å². The topological polar surface area (TPSA) is 81.8 Å². The van der Waals surface area contributed by atoms with E-state index in [1.165, 1.54) is 11.3 Å². The standard InChI is InChI=1S/C12H6BrN7S/c13-8-3-7(4-15-5-8)10-17-18-12-20(10)19-11(21-12)9-6-14-1-2-16-9/h1-6H. The van der Waals surface area contributed by atoms with Crippen LogP contribution in [0.5, 0.6) is 0 Å². The molecule has 4 rings (SSSR count). The van der Waals surface area contributed by atoms with E-state index < -0.39 is 0 Å². The van der Waals surface area contributed by atoms with E-state index in [0.29, 0.717) is 16.5 Å². The van der Waals surface area contributed by atoms with Crippen molar-refractivity contribution < 1.29 is 0 Å². The highest BCUT2D eigenvalue weighted by Crippen LogP contribution is 2.26. The van der Waals surface area contributed by atoms with E-state index in [2.05, 4.69) is 46.2 Å². The number of rotatable bonds is 2. The van der Waals surface area contributed by atoms with Crippen LogP contribution < -0.4 is 0 Å². The molecule has 0 amide bonds. The first-order chi connectivity index (χ1) is 10.3. The molecule has 0 aromatic carbocycles. The van der Waals surface area contributed by atoms with Crippen molar-refractivity contribution in [1.82, 2.24) is 34.8 Å². The average Bonchev–Trinajstić information content (AvgIpc) is 3.08. The summed E-state index contributed by atoms with van der Waals surface area (Å²) in [5, 5.41) is 13.6. The van der Waals surface area contributed by atoms with Crippen LogP contribution in [0.1, 0.15) is 0 Å². The Balaban J connectivity index is 1.87. The van der Waals surface area contributed by atoms with E-state index >= 15 is 0 Å². The molecule has 0 radical (unpaired) electrons. The van der Waals surface area contributed by atoms with E-state index in [4.69, 9.17) is 0 Å². The molecule has 4 heterocycles. The van der Waals surface area contributed by atoms with Crippen LogP contribution in [0.25, 0.3) is 27.1 Å². The molecule has 0 bridgehead atoms. The number of fused-ring (bicyclic) bond motifs is 1. The Morgan fingerprint density at radius 3 is 2.81 bits per heavy atom. The van der Waals surface area contributed by atoms with E-state index in [1.54, 1.807) is 35.5 Å². The first-order valence-corrected chi connectivity index (χ1v) is 7.52. The summed E-state index contributed by atoms with van der Waals surface area (Å²) >= 11 is 4.81. The minimum atomic E-state index is 0.644. The first kappa shape index (κ1) is 12.5. The van der Waals surface area contributed by atoms with Gasteiger partial charge in [-0.25, -0.2) is 0 Å². The molecule has 9 heteroatoms. The van der Waals surface area contributed by atoms with Crippen molar-refractivity contribution in [3.05, 3.63) is 41.5 Å². The molecule has 0 aliphatic heterocycles. The second kappa shape index (κ2) is 4.93. The van der Waals surface area contributed by atoms with Gasteiger partial charge in [0.1, 0.15) is 5.69 Å². The quantitative estimate of drug-likeness (QED) is 0.546. The average molecular weight is 360 g/mol. The largest absolute Gasteiger partial charge is 0.263 e. The van der Waals surface area contributed by atoms with Crippen molar-refractivity contribution in [2.45, 2.75) is 0 Å². The van der Waals surface area contributed by atoms with Gasteiger partial charge in [0.05, 0.1) is 6.20 Å². The monoisotopic (exact) mass is 359 g/mol. The van der Waals surface area contributed by atoms with Gasteiger partial charge < -0.3 is 0 Å². The minimum absolute atomic E-state index is 0.644. The third-order valence-corrected chi connectivity index (χ3v) is 4.09. The molecule has 0 aliphatic carbocycles. The zero-order valence-electron chi connectivity index (χ0n) is 10.4. The van der Waals surface area contributed by atoms with Crippen LogP contribution in [-0.4, -0.2) is 34.8 Å². The van der Waals surface area contributed by atoms with E-state index in [-0.39, 0.29) is 0 Å². The van der Waals surface area contributed by atoms with E-state index in [1.807, 2.05) is 6.07 Å². The summed E-state index contributed by atoms with van der Waals surface area (Å²) in [6.45, 7) is 0. The van der Waals surface area contributed by atoms with E-state index in [9.17, 15) is 0 Å². The Hall–Kier alpha value is -2.26. The lowest BCUT2D eigenvalue weighted by Crippen LogP contribution is -1.92. The predicted molar refractivity (Wildman–Crippen MR) is 80.6 cm³/mol. The molecular formula is C12H6BrN7S. The minimum Gasteiger partial charge on any atom is -0.263 e. The number of halogens is 1. The van der Waals surface area contributed by atoms with Crippen molar-refractivity contribution >= 4 is 32.2 Å². The molecule has 0 unspecified atom stereocenters. The molecule has 0 atom stereocenters. The second-order valence-electron chi connectivity index (χ2n) is 4.11. The molecule has 0 N–H and O–H groups in total. The Labute approximate surface area is 130 Å². The van der Waals surface area contributed by atoms with Gasteiger partial charge in [-0.3, -0.25) is 15.0 Å². The molecule has 0 fully saturated rings. The lowest BCUT2D eigenvalue weighted by atomic mass is 10.3. The molecule has 4 aromatic heterocycles. The summed E-state index contributed by atoms with van der Waals surface area (Å²) in [5.74, 6) is 0.644. The molecule has 21 heavy (non-hydrogen) atoms. The van der Waals surface area contributed by atoms with Crippen molar-refractivity contribution in [3.63, 3.8) is 0 Å². The van der Waals surface area contributed by atoms with Gasteiger partial charge in [0.2, 0.25) is 4.96 Å². The maximum Gasteiger partial charge on any atom is 0.235 e. The van der Waals surface area contributed by atoms with Gasteiger partial charge >= 0.3 is 0 Å². The zero-order valence-corrected chi connectivity index (χ0v) is 12.8. The number of hydrogen-bond donors (Lipinski definition) is 0. The molecule has 0 aliphatic rings. The molecule has 7 nitrogen and oxygen atoms in total. The van der Waals surface area contributed by atoms with Crippen molar-refractivity contribution in [2.75, 3.05) is 0 Å². The SMILES string of the molecule is Brc1cncc(-c2nnc3sc(-c4cnccn4)nn23)c1. The van der Waals surface area contributed by atoms with Gasteiger partial charge in [-0.1, -0.05) is 11.3 Å². The summed E-state index contributed by atoms with van der Waals surface area (Å²) in [6.07, 6.45) is 8.38. The van der Waals surface area contributed by atoms with Gasteiger partial charge in [-0.2, -0.15) is 9.61 Å². The predicted octanol–water partition coefficient (Wildman–Crippen LogP) is 2.47. The molecule has 4 aromatic rings. The second-order valence-corrected chi connectivity index (χ2v) is 5.98. The van der Waals surface area contributed by atoms with Gasteiger partial charge in [0.15, 0.2) is 10.8 Å². The van der Waals surface area contributed by atoms with Crippen LogP contribution >= 0.6 is 27.3 Å². The molecule has 0 saturated carbocycles. The van der Waals surface area contributed by atoms with Crippen molar-refractivity contribution in [2.24, 2.45) is 0 Å². The van der Waals surface area contributed by atoms with Crippen LogP contribution in [0.2, 0.25) is 0 Å². The highest BCUT2D eigenvalue weighted by atomic mass is 79.9. The Bertz CT molecular complexity index is 918. The Morgan fingerprint density at radius 2 is 2.00 bits per heavy atom. The molecular weight excluding hydrogens is 354 g/mol. The lowest BCUT2D eigenvalue weighted by Gasteiger charge is -1.97. The van der Waals surface area contributed by atoms with Crippen LogP contribution in [0, 0.1) is 0 Å². The number of aromatic nitrogens is 7. The van der Waals surface area contributed by atoms with Gasteiger partial charge in [-0.05, 0) is 22.0 Å². The van der Waals surface area contributed by atoms with Gasteiger partial charge in [-0.15, -0.1) is 10.2 Å². The number of hydrogen-bond acceptors (Lipinski definition) is 7. The summed E-state index contributed by atoms with van der Waals surface area (Å²) < 4.78 is 2.57. The number of nitrogens with zero attached hydrogens (tertiary/aromatic N) is 7. The Morgan fingerprint density at radius 1 is 1.05 bits per heavy atom. The van der Waals surface area contributed by atoms with Crippen LogP contribution in [0.4, 0.5) is 0 Å². The van der Waals surface area contributed by atoms with Crippen molar-refractivity contribution in [3.8, 4) is 22.1 Å². The van der Waals surface area contributed by atoms with Crippen molar-refractivity contribution in [1.29, 1.82) is 0 Å². The lowest BCUT2D eigenvalue weighted by molar-refractivity contribution is 0.963. The summed E-state index contributed by atoms with van der Waals surface area (Å²) in [6, 6.07) is 1.92. The molecule has 0 spiro atoms. The maximum absolute atomic E-state index is 4.51. The van der Waals surface area contributed by atoms with Crippen LogP contribution in [0.3, 0.4) is 0 Å². The fraction of sp³-hybridized carbons (Fsp3) is 0. The third-order valence-electron chi connectivity index (χ3n) is 2.74. The fourth-order valence-corrected chi connectivity index (χ4v) is 3.01. The van der Waals surface area contributed by atoms with E-state index in [0.717, 1.165) is 15.0 Å². The Kier molecular flexibility index (Phi) is 2.93. The van der Waals surface area contributed by atoms with Crippen LogP contribution in [-0.2, 0) is 0 Å². The summed E-state index contributed by atoms with van der Waals surface area (Å²) in [5.41, 5.74) is 1.55. The summed E-state index contributed by atoms with van der Waals surface area (Å²) in [4.78, 5) is 13.1. The smallest absolute Gasteiger partial charge is 0.235 e. The third kappa shape index (κ3) is 2.20. The highest BCUT2D eigenvalue weighted by Gasteiger charge is 2.15. The molecule has 0 saturated heterocycles. The number of pyridine rings is 1. The van der Waals surface area contributed by atoms with Crippen LogP contribution in [0.15, 0.2) is 41.5 Å². The normalized spacial score (nSPS) is 11.1. The van der Waals surface area contributed by atoms with Gasteiger partial charge in [0, 0.05) is 34.8 Å². The summed E-state index contributed by atoms with van der Waals surface area (Å²) in [7, 11) is 0. The highest BCUT2D eigenvalue weighted by molar-refractivity contribution is 9.10. The maximum atomic E-state index is 4.51. The first-order valence-electron chi connectivity index (χ1n) is 5.91. The zero-order chi connectivity index (χ0) is 14.2.